The molecule has 20 heavy (non-hydrogen) atoms. The molecule has 0 saturated carbocycles. The highest BCUT2D eigenvalue weighted by molar-refractivity contribution is 7.99. The molecule has 0 atom stereocenters. The molecule has 2 aromatic rings. The van der Waals surface area contributed by atoms with E-state index in [1.54, 1.807) is 36.0 Å². The Morgan fingerprint density at radius 2 is 2.00 bits per heavy atom. The van der Waals surface area contributed by atoms with Crippen LogP contribution in [0.1, 0.15) is 5.69 Å². The first kappa shape index (κ1) is 15.0. The molecule has 0 aliphatic heterocycles. The van der Waals surface area contributed by atoms with Gasteiger partial charge >= 0.3 is 7.12 Å². The number of ether oxygens (including phenoxy) is 1. The van der Waals surface area contributed by atoms with Crippen LogP contribution in [-0.2, 0) is 7.05 Å². The predicted molar refractivity (Wildman–Crippen MR) is 80.4 cm³/mol. The van der Waals surface area contributed by atoms with Crippen molar-refractivity contribution in [3.05, 3.63) is 36.0 Å². The molecule has 7 heteroatoms. The number of rotatable bonds is 6. The fraction of sp³-hybridized carbons (Fsp3) is 0.308. The lowest BCUT2D eigenvalue weighted by molar-refractivity contribution is 0.344. The lowest BCUT2D eigenvalue weighted by atomic mass is 9.80. The van der Waals surface area contributed by atoms with E-state index in [0.717, 1.165) is 22.2 Å². The van der Waals surface area contributed by atoms with Gasteiger partial charge in [0, 0.05) is 12.8 Å². The Bertz CT molecular complexity index is 557. The molecular weight excluding hydrogens is 275 g/mol. The first-order valence-corrected chi connectivity index (χ1v) is 7.27. The van der Waals surface area contributed by atoms with Crippen LogP contribution in [0.2, 0.25) is 0 Å². The Balaban J connectivity index is 1.77. The second-order valence-corrected chi connectivity index (χ2v) is 5.50. The predicted octanol–water partition coefficient (Wildman–Crippen LogP) is 0.579. The highest BCUT2D eigenvalue weighted by atomic mass is 32.2. The molecule has 0 radical (unpaired) electrons. The van der Waals surface area contributed by atoms with Crippen LogP contribution in [0.25, 0.3) is 0 Å². The number of thioether (sulfide) groups is 1. The summed E-state index contributed by atoms with van der Waals surface area (Å²) >= 11 is 1.69. The second kappa shape index (κ2) is 6.83. The molecule has 1 aromatic heterocycles. The van der Waals surface area contributed by atoms with Gasteiger partial charge in [0.05, 0.1) is 17.3 Å². The van der Waals surface area contributed by atoms with E-state index in [0.29, 0.717) is 12.1 Å². The lowest BCUT2D eigenvalue weighted by Crippen LogP contribution is -2.29. The maximum atomic E-state index is 8.99. The molecule has 0 aliphatic carbocycles. The molecule has 5 nitrogen and oxygen atoms in total. The standard InChI is InChI=1S/C13H17BN2O3S/c1-10-9-13(16(2)15-10)20-8-7-19-12-5-3-11(4-6-12)14(17)18/h3-6,9,17-18H,7-8H2,1-2H3. The summed E-state index contributed by atoms with van der Waals surface area (Å²) in [4.78, 5) is 0. The van der Waals surface area contributed by atoms with Crippen molar-refractivity contribution in [3.8, 4) is 5.75 Å². The van der Waals surface area contributed by atoms with E-state index in [1.165, 1.54) is 0 Å². The zero-order valence-corrected chi connectivity index (χ0v) is 12.3. The SMILES string of the molecule is Cc1cc(SCCOc2ccc(B(O)O)cc2)n(C)n1. The molecule has 2 rings (SSSR count). The van der Waals surface area contributed by atoms with Gasteiger partial charge in [-0.15, -0.1) is 11.8 Å². The number of aromatic nitrogens is 2. The van der Waals surface area contributed by atoms with Crippen LogP contribution in [-0.4, -0.2) is 39.3 Å². The largest absolute Gasteiger partial charge is 0.493 e. The second-order valence-electron chi connectivity index (χ2n) is 4.39. The van der Waals surface area contributed by atoms with Crippen LogP contribution in [0, 0.1) is 6.92 Å². The maximum Gasteiger partial charge on any atom is 0.488 e. The molecule has 0 amide bonds. The minimum Gasteiger partial charge on any atom is -0.493 e. The first-order valence-electron chi connectivity index (χ1n) is 6.28. The summed E-state index contributed by atoms with van der Waals surface area (Å²) in [6, 6.07) is 8.78. The third kappa shape index (κ3) is 4.03. The van der Waals surface area contributed by atoms with Gasteiger partial charge in [0.1, 0.15) is 5.75 Å². The fourth-order valence-electron chi connectivity index (χ4n) is 1.76. The van der Waals surface area contributed by atoms with Gasteiger partial charge in [0.15, 0.2) is 0 Å². The van der Waals surface area contributed by atoms with E-state index in [1.807, 2.05) is 24.7 Å². The van der Waals surface area contributed by atoms with E-state index in [-0.39, 0.29) is 0 Å². The summed E-state index contributed by atoms with van der Waals surface area (Å²) in [7, 11) is 0.488. The monoisotopic (exact) mass is 292 g/mol. The lowest BCUT2D eigenvalue weighted by Gasteiger charge is -2.07. The molecule has 0 bridgehead atoms. The highest BCUT2D eigenvalue weighted by Crippen LogP contribution is 2.18. The Kier molecular flexibility index (Phi) is 5.11. The van der Waals surface area contributed by atoms with Crippen molar-refractivity contribution in [3.63, 3.8) is 0 Å². The van der Waals surface area contributed by atoms with E-state index in [4.69, 9.17) is 14.8 Å². The van der Waals surface area contributed by atoms with Crippen LogP contribution >= 0.6 is 11.8 Å². The average Bonchev–Trinajstić information content (AvgIpc) is 2.73. The van der Waals surface area contributed by atoms with Crippen molar-refractivity contribution in [2.45, 2.75) is 11.9 Å². The third-order valence-corrected chi connectivity index (χ3v) is 3.79. The van der Waals surface area contributed by atoms with Crippen molar-refractivity contribution in [2.75, 3.05) is 12.4 Å². The van der Waals surface area contributed by atoms with E-state index < -0.39 is 7.12 Å². The van der Waals surface area contributed by atoms with E-state index in [9.17, 15) is 0 Å². The maximum absolute atomic E-state index is 8.99. The summed E-state index contributed by atoms with van der Waals surface area (Å²) < 4.78 is 7.45. The minimum absolute atomic E-state index is 0.456. The van der Waals surface area contributed by atoms with Gasteiger partial charge in [-0.3, -0.25) is 4.68 Å². The minimum atomic E-state index is -1.44. The first-order chi connectivity index (χ1) is 9.56. The van der Waals surface area contributed by atoms with E-state index in [2.05, 4.69) is 5.10 Å². The van der Waals surface area contributed by atoms with Crippen molar-refractivity contribution >= 4 is 24.3 Å². The van der Waals surface area contributed by atoms with Crippen molar-refractivity contribution in [1.82, 2.24) is 9.78 Å². The van der Waals surface area contributed by atoms with Crippen LogP contribution < -0.4 is 10.2 Å². The highest BCUT2D eigenvalue weighted by Gasteiger charge is 2.09. The quantitative estimate of drug-likeness (QED) is 0.463. The summed E-state index contributed by atoms with van der Waals surface area (Å²) in [5, 5.41) is 23.4. The molecule has 0 spiro atoms. The van der Waals surface area contributed by atoms with Crippen molar-refractivity contribution < 1.29 is 14.8 Å². The molecule has 0 saturated heterocycles. The Morgan fingerprint density at radius 3 is 2.55 bits per heavy atom. The molecular formula is C13H17BN2O3S. The van der Waals surface area contributed by atoms with Crippen LogP contribution in [0.4, 0.5) is 0 Å². The van der Waals surface area contributed by atoms with Crippen LogP contribution in [0.5, 0.6) is 5.75 Å². The zero-order valence-electron chi connectivity index (χ0n) is 11.5. The fourth-order valence-corrected chi connectivity index (χ4v) is 2.62. The smallest absolute Gasteiger partial charge is 0.488 e. The van der Waals surface area contributed by atoms with Crippen molar-refractivity contribution in [2.24, 2.45) is 7.05 Å². The van der Waals surface area contributed by atoms with Crippen LogP contribution in [0.15, 0.2) is 35.4 Å². The molecule has 1 heterocycles. The number of aryl methyl sites for hydroxylation is 2. The average molecular weight is 292 g/mol. The molecule has 106 valence electrons. The number of benzene rings is 1. The topological polar surface area (TPSA) is 67.5 Å². The Morgan fingerprint density at radius 1 is 1.30 bits per heavy atom. The summed E-state index contributed by atoms with van der Waals surface area (Å²) in [5.41, 5.74) is 1.46. The van der Waals surface area contributed by atoms with Gasteiger partial charge in [-0.25, -0.2) is 0 Å². The summed E-state index contributed by atoms with van der Waals surface area (Å²) in [6.07, 6.45) is 0. The zero-order chi connectivity index (χ0) is 14.5. The van der Waals surface area contributed by atoms with Gasteiger partial charge in [-0.05, 0) is 30.6 Å². The summed E-state index contributed by atoms with van der Waals surface area (Å²) in [5.74, 6) is 1.54. The third-order valence-electron chi connectivity index (χ3n) is 2.74. The van der Waals surface area contributed by atoms with Crippen LogP contribution in [0.3, 0.4) is 0 Å². The molecule has 0 unspecified atom stereocenters. The number of hydrogen-bond acceptors (Lipinski definition) is 5. The van der Waals surface area contributed by atoms with E-state index >= 15 is 0 Å². The van der Waals surface area contributed by atoms with Gasteiger partial charge in [0.25, 0.3) is 0 Å². The van der Waals surface area contributed by atoms with Gasteiger partial charge in [-0.1, -0.05) is 12.1 Å². The summed E-state index contributed by atoms with van der Waals surface area (Å²) in [6.45, 7) is 2.55. The number of hydrogen-bond donors (Lipinski definition) is 2. The number of nitrogens with zero attached hydrogens (tertiary/aromatic N) is 2. The Labute approximate surface area is 122 Å². The van der Waals surface area contributed by atoms with Crippen molar-refractivity contribution in [1.29, 1.82) is 0 Å². The molecule has 0 fully saturated rings. The van der Waals surface area contributed by atoms with Gasteiger partial charge in [-0.2, -0.15) is 5.10 Å². The Hall–Kier alpha value is -1.44. The molecule has 1 aromatic carbocycles. The molecule has 0 aliphatic rings. The normalized spacial score (nSPS) is 10.6. The van der Waals surface area contributed by atoms with Gasteiger partial charge in [0.2, 0.25) is 0 Å². The molecule has 2 N–H and O–H groups in total. The van der Waals surface area contributed by atoms with Gasteiger partial charge < -0.3 is 14.8 Å².